The number of hydrogen-bond donors (Lipinski definition) is 3. The Morgan fingerprint density at radius 2 is 2.00 bits per heavy atom. The van der Waals surface area contributed by atoms with E-state index in [2.05, 4.69) is 31.9 Å². The molecule has 0 saturated heterocycles. The first-order valence-corrected chi connectivity index (χ1v) is 6.20. The van der Waals surface area contributed by atoms with E-state index in [1.54, 1.807) is 6.07 Å². The molecular formula is C10H14Br2ClNO3. The van der Waals surface area contributed by atoms with Crippen molar-refractivity contribution in [2.45, 2.75) is 12.5 Å². The van der Waals surface area contributed by atoms with Crippen molar-refractivity contribution in [1.29, 1.82) is 0 Å². The van der Waals surface area contributed by atoms with Gasteiger partial charge in [0.2, 0.25) is 0 Å². The van der Waals surface area contributed by atoms with E-state index in [4.69, 9.17) is 15.6 Å². The van der Waals surface area contributed by atoms with Crippen LogP contribution in [0.1, 0.15) is 5.56 Å². The van der Waals surface area contributed by atoms with Gasteiger partial charge in [0, 0.05) is 10.5 Å². The topological polar surface area (TPSA) is 75.7 Å². The van der Waals surface area contributed by atoms with Crippen LogP contribution in [0.5, 0.6) is 11.5 Å². The Hall–Kier alpha value is -0.0100. The molecule has 0 aliphatic carbocycles. The molecule has 1 rings (SSSR count). The van der Waals surface area contributed by atoms with E-state index in [0.29, 0.717) is 16.6 Å². The van der Waals surface area contributed by atoms with Gasteiger partial charge in [0.05, 0.1) is 18.2 Å². The van der Waals surface area contributed by atoms with E-state index in [9.17, 15) is 5.11 Å². The molecule has 0 saturated carbocycles. The number of hydrogen-bond acceptors (Lipinski definition) is 4. The van der Waals surface area contributed by atoms with Crippen molar-refractivity contribution < 1.29 is 14.9 Å². The van der Waals surface area contributed by atoms with Gasteiger partial charge in [0.25, 0.3) is 0 Å². The Labute approximate surface area is 123 Å². The van der Waals surface area contributed by atoms with Crippen molar-refractivity contribution in [2.24, 2.45) is 5.73 Å². The van der Waals surface area contributed by atoms with Gasteiger partial charge in [0.1, 0.15) is 0 Å². The number of methoxy groups -OCH3 is 1. The van der Waals surface area contributed by atoms with E-state index in [1.165, 1.54) is 7.11 Å². The van der Waals surface area contributed by atoms with Gasteiger partial charge in [-0.05, 0) is 49.9 Å². The molecule has 0 aliphatic heterocycles. The summed E-state index contributed by atoms with van der Waals surface area (Å²) in [6.07, 6.45) is 0.492. The van der Waals surface area contributed by atoms with Crippen LogP contribution in [0.4, 0.5) is 0 Å². The molecule has 4 nitrogen and oxygen atoms in total. The molecular weight excluding hydrogens is 377 g/mol. The Morgan fingerprint density at radius 1 is 1.41 bits per heavy atom. The number of halogens is 3. The first-order chi connectivity index (χ1) is 7.51. The third-order valence-electron chi connectivity index (χ3n) is 2.16. The zero-order valence-electron chi connectivity index (χ0n) is 9.11. The molecule has 4 N–H and O–H groups in total. The number of phenolic OH excluding ortho intramolecular Hbond substituents is 1. The molecule has 17 heavy (non-hydrogen) atoms. The molecule has 1 aromatic carbocycles. The zero-order valence-corrected chi connectivity index (χ0v) is 13.1. The van der Waals surface area contributed by atoms with E-state index in [0.717, 1.165) is 10.0 Å². The number of rotatable bonds is 4. The summed E-state index contributed by atoms with van der Waals surface area (Å²) < 4.78 is 6.27. The quantitative estimate of drug-likeness (QED) is 0.736. The van der Waals surface area contributed by atoms with Gasteiger partial charge in [-0.3, -0.25) is 0 Å². The van der Waals surface area contributed by atoms with E-state index in [1.807, 2.05) is 0 Å². The average molecular weight is 391 g/mol. The third-order valence-corrected chi connectivity index (χ3v) is 4.37. The maximum atomic E-state index is 9.71. The van der Waals surface area contributed by atoms with Crippen molar-refractivity contribution in [3.8, 4) is 11.5 Å². The van der Waals surface area contributed by atoms with Gasteiger partial charge < -0.3 is 20.7 Å². The standard InChI is InChI=1S/C10H13Br2NO3.ClH/c1-16-7-3-5(2-6(13)4-14)8(11)9(12)10(7)15;/h3,6,14-15H,2,4,13H2,1H3;1H. The molecule has 1 unspecified atom stereocenters. The lowest BCUT2D eigenvalue weighted by Gasteiger charge is -2.14. The molecule has 1 atom stereocenters. The Morgan fingerprint density at radius 3 is 2.47 bits per heavy atom. The Bertz CT molecular complexity index is 390. The summed E-state index contributed by atoms with van der Waals surface area (Å²) >= 11 is 6.61. The van der Waals surface area contributed by atoms with Crippen molar-refractivity contribution in [3.05, 3.63) is 20.6 Å². The highest BCUT2D eigenvalue weighted by Gasteiger charge is 2.16. The zero-order chi connectivity index (χ0) is 12.3. The van der Waals surface area contributed by atoms with E-state index >= 15 is 0 Å². The normalized spacial score (nSPS) is 11.8. The molecule has 7 heteroatoms. The first kappa shape index (κ1) is 17.0. The summed E-state index contributed by atoms with van der Waals surface area (Å²) in [6.45, 7) is -0.0900. The number of aromatic hydroxyl groups is 1. The lowest BCUT2D eigenvalue weighted by Crippen LogP contribution is -2.27. The van der Waals surface area contributed by atoms with Gasteiger partial charge in [-0.25, -0.2) is 0 Å². The van der Waals surface area contributed by atoms with Crippen LogP contribution in [-0.2, 0) is 6.42 Å². The highest BCUT2D eigenvalue weighted by atomic mass is 79.9. The fourth-order valence-electron chi connectivity index (χ4n) is 1.29. The maximum absolute atomic E-state index is 9.71. The molecule has 0 aliphatic rings. The molecule has 0 amide bonds. The van der Waals surface area contributed by atoms with Crippen LogP contribution in [-0.4, -0.2) is 30.0 Å². The molecule has 0 heterocycles. The predicted molar refractivity (Wildman–Crippen MR) is 76.1 cm³/mol. The minimum Gasteiger partial charge on any atom is -0.503 e. The van der Waals surface area contributed by atoms with Crippen LogP contribution >= 0.6 is 44.3 Å². The SMILES string of the molecule is COc1cc(CC(N)CO)c(Br)c(Br)c1O.Cl. The highest BCUT2D eigenvalue weighted by molar-refractivity contribution is 9.13. The average Bonchev–Trinajstić information content (AvgIpc) is 2.29. The summed E-state index contributed by atoms with van der Waals surface area (Å²) in [7, 11) is 1.48. The fraction of sp³-hybridized carbons (Fsp3) is 0.400. The predicted octanol–water partition coefficient (Wildman–Crippen LogP) is 2.21. The number of benzene rings is 1. The summed E-state index contributed by atoms with van der Waals surface area (Å²) in [5.74, 6) is 0.408. The molecule has 1 aromatic rings. The number of nitrogens with two attached hydrogens (primary N) is 1. The highest BCUT2D eigenvalue weighted by Crippen LogP contribution is 2.41. The number of aliphatic hydroxyl groups excluding tert-OH is 1. The van der Waals surface area contributed by atoms with Gasteiger partial charge in [0.15, 0.2) is 11.5 Å². The van der Waals surface area contributed by atoms with Crippen LogP contribution < -0.4 is 10.5 Å². The molecule has 0 aromatic heterocycles. The van der Waals surface area contributed by atoms with E-state index < -0.39 is 0 Å². The number of aliphatic hydroxyl groups is 1. The number of phenols is 1. The number of ether oxygens (including phenoxy) is 1. The molecule has 0 radical (unpaired) electrons. The van der Waals surface area contributed by atoms with Gasteiger partial charge in [-0.15, -0.1) is 12.4 Å². The second-order valence-corrected chi connectivity index (χ2v) is 4.95. The van der Waals surface area contributed by atoms with Crippen LogP contribution in [0, 0.1) is 0 Å². The van der Waals surface area contributed by atoms with Crippen molar-refractivity contribution in [3.63, 3.8) is 0 Å². The maximum Gasteiger partial charge on any atom is 0.173 e. The summed E-state index contributed by atoms with van der Waals surface area (Å²) in [5, 5.41) is 18.6. The molecule has 98 valence electrons. The van der Waals surface area contributed by atoms with Crippen LogP contribution in [0.2, 0.25) is 0 Å². The van der Waals surface area contributed by atoms with Gasteiger partial charge in [-0.1, -0.05) is 0 Å². The monoisotopic (exact) mass is 389 g/mol. The van der Waals surface area contributed by atoms with Crippen molar-refractivity contribution in [2.75, 3.05) is 13.7 Å². The van der Waals surface area contributed by atoms with Crippen molar-refractivity contribution >= 4 is 44.3 Å². The fourth-order valence-corrected chi connectivity index (χ4v) is 2.21. The van der Waals surface area contributed by atoms with Gasteiger partial charge >= 0.3 is 0 Å². The van der Waals surface area contributed by atoms with Crippen LogP contribution in [0.25, 0.3) is 0 Å². The lowest BCUT2D eigenvalue weighted by molar-refractivity contribution is 0.265. The summed E-state index contributed by atoms with van der Waals surface area (Å²) in [6, 6.07) is 1.36. The first-order valence-electron chi connectivity index (χ1n) is 4.61. The summed E-state index contributed by atoms with van der Waals surface area (Å²) in [4.78, 5) is 0. The largest absolute Gasteiger partial charge is 0.503 e. The van der Waals surface area contributed by atoms with Crippen LogP contribution in [0.15, 0.2) is 15.0 Å². The lowest BCUT2D eigenvalue weighted by atomic mass is 10.1. The third kappa shape index (κ3) is 3.99. The minimum absolute atomic E-state index is 0. The van der Waals surface area contributed by atoms with Crippen molar-refractivity contribution in [1.82, 2.24) is 0 Å². The molecule has 0 bridgehead atoms. The van der Waals surface area contributed by atoms with Gasteiger partial charge in [-0.2, -0.15) is 0 Å². The van der Waals surface area contributed by atoms with E-state index in [-0.39, 0.29) is 30.8 Å². The smallest absolute Gasteiger partial charge is 0.173 e. The minimum atomic E-state index is -0.336. The second-order valence-electron chi connectivity index (χ2n) is 3.36. The Balaban J connectivity index is 0.00000256. The molecule has 0 fully saturated rings. The Kier molecular flexibility index (Phi) is 7.43. The molecule has 0 spiro atoms. The summed E-state index contributed by atoms with van der Waals surface area (Å²) in [5.41, 5.74) is 6.53. The van der Waals surface area contributed by atoms with Crippen LogP contribution in [0.3, 0.4) is 0 Å². The second kappa shape index (κ2) is 7.43.